The fourth-order valence-electron chi connectivity index (χ4n) is 3.16. The number of halogens is 5. The third-order valence-electron chi connectivity index (χ3n) is 4.25. The van der Waals surface area contributed by atoms with Crippen molar-refractivity contribution in [2.75, 3.05) is 6.61 Å². The zero-order valence-corrected chi connectivity index (χ0v) is 14.1. The van der Waals surface area contributed by atoms with E-state index in [-0.39, 0.29) is 35.1 Å². The van der Waals surface area contributed by atoms with Crippen LogP contribution >= 0.6 is 11.6 Å². The van der Waals surface area contributed by atoms with Crippen LogP contribution in [0.2, 0.25) is 5.02 Å². The number of imidazole rings is 1. The average molecular weight is 404 g/mol. The first-order valence-corrected chi connectivity index (χ1v) is 8.05. The van der Waals surface area contributed by atoms with Gasteiger partial charge in [0.25, 0.3) is 5.56 Å². The molecule has 1 N–H and O–H groups in total. The normalized spacial score (nSPS) is 16.6. The Morgan fingerprint density at radius 1 is 1.37 bits per heavy atom. The van der Waals surface area contributed by atoms with Crippen molar-refractivity contribution in [1.82, 2.24) is 14.0 Å². The lowest BCUT2D eigenvalue weighted by Gasteiger charge is -2.16. The molecule has 4 rings (SSSR count). The van der Waals surface area contributed by atoms with Gasteiger partial charge in [-0.1, -0.05) is 11.6 Å². The predicted octanol–water partition coefficient (Wildman–Crippen LogP) is 2.59. The van der Waals surface area contributed by atoms with E-state index in [2.05, 4.69) is 4.98 Å². The van der Waals surface area contributed by atoms with Crippen LogP contribution < -0.4 is 10.3 Å². The van der Waals surface area contributed by atoms with Gasteiger partial charge < -0.3 is 9.84 Å². The minimum absolute atomic E-state index is 0.0268. The lowest BCUT2D eigenvalue weighted by molar-refractivity contribution is -0.142. The number of ether oxygens (including phenoxy) is 1. The van der Waals surface area contributed by atoms with Gasteiger partial charge in [-0.2, -0.15) is 13.2 Å². The fraction of sp³-hybridized carbons (Fsp3) is 0.250. The van der Waals surface area contributed by atoms with Gasteiger partial charge in [0.1, 0.15) is 23.4 Å². The first kappa shape index (κ1) is 17.8. The zero-order valence-electron chi connectivity index (χ0n) is 13.3. The van der Waals surface area contributed by atoms with E-state index in [9.17, 15) is 27.5 Å². The van der Waals surface area contributed by atoms with Crippen molar-refractivity contribution in [3.05, 3.63) is 57.0 Å². The van der Waals surface area contributed by atoms with Crippen LogP contribution in [0, 0.1) is 5.82 Å². The van der Waals surface area contributed by atoms with Crippen LogP contribution in [0.1, 0.15) is 11.3 Å². The van der Waals surface area contributed by atoms with Gasteiger partial charge in [0.05, 0.1) is 17.3 Å². The van der Waals surface area contributed by atoms with Crippen LogP contribution in [-0.4, -0.2) is 31.8 Å². The molecule has 0 spiro atoms. The quantitative estimate of drug-likeness (QED) is 0.668. The maximum Gasteiger partial charge on any atom is 0.432 e. The molecule has 27 heavy (non-hydrogen) atoms. The Balaban J connectivity index is 2.07. The van der Waals surface area contributed by atoms with Gasteiger partial charge in [-0.25, -0.2) is 13.9 Å². The number of aliphatic hydroxyl groups excluding tert-OH is 1. The molecule has 0 bridgehead atoms. The summed E-state index contributed by atoms with van der Waals surface area (Å²) in [6, 6.07) is 1.27. The molecule has 1 aliphatic heterocycles. The van der Waals surface area contributed by atoms with E-state index >= 15 is 0 Å². The molecule has 3 aromatic rings. The molecule has 0 aliphatic carbocycles. The Kier molecular flexibility index (Phi) is 3.93. The highest BCUT2D eigenvalue weighted by atomic mass is 35.5. The van der Waals surface area contributed by atoms with Crippen molar-refractivity contribution < 1.29 is 27.4 Å². The van der Waals surface area contributed by atoms with Crippen LogP contribution in [0.25, 0.3) is 11.5 Å². The zero-order chi connectivity index (χ0) is 19.5. The number of rotatable bonds is 2. The van der Waals surface area contributed by atoms with E-state index in [4.69, 9.17) is 16.3 Å². The molecule has 1 atom stereocenters. The Morgan fingerprint density at radius 3 is 2.78 bits per heavy atom. The second-order valence-electron chi connectivity index (χ2n) is 5.92. The lowest BCUT2D eigenvalue weighted by atomic mass is 10.1. The second kappa shape index (κ2) is 5.96. The lowest BCUT2D eigenvalue weighted by Crippen LogP contribution is -2.27. The first-order valence-electron chi connectivity index (χ1n) is 7.67. The number of hydrogen-bond donors (Lipinski definition) is 1. The number of benzene rings is 1. The molecule has 0 amide bonds. The minimum atomic E-state index is -4.80. The molecule has 0 fully saturated rings. The number of aliphatic hydroxyl groups is 1. The van der Waals surface area contributed by atoms with Crippen molar-refractivity contribution >= 4 is 17.4 Å². The van der Waals surface area contributed by atoms with Crippen LogP contribution in [0.3, 0.4) is 0 Å². The number of fused-ring (bicyclic) bond motifs is 2. The monoisotopic (exact) mass is 403 g/mol. The average Bonchev–Trinajstić information content (AvgIpc) is 3.22. The fourth-order valence-corrected chi connectivity index (χ4v) is 3.42. The Labute approximate surface area is 153 Å². The second-order valence-corrected chi connectivity index (χ2v) is 6.33. The van der Waals surface area contributed by atoms with E-state index in [1.165, 1.54) is 0 Å². The standard InChI is InChI=1S/C16H10ClF4N3O3/c17-9-4-10(18)13(8-3-7(6-25)27-14(8)9)24-12(26)5-11(16(19,20)21)23-2-1-22-15(23)24/h1-2,4-5,7,25H,3,6H2. The van der Waals surface area contributed by atoms with Gasteiger partial charge in [0.2, 0.25) is 5.78 Å². The molecule has 2 aromatic heterocycles. The summed E-state index contributed by atoms with van der Waals surface area (Å²) in [4.78, 5) is 16.3. The van der Waals surface area contributed by atoms with Gasteiger partial charge in [-0.15, -0.1) is 0 Å². The highest BCUT2D eigenvalue weighted by Crippen LogP contribution is 2.41. The highest BCUT2D eigenvalue weighted by Gasteiger charge is 2.36. The molecule has 1 aliphatic rings. The first-order chi connectivity index (χ1) is 12.7. The SMILES string of the molecule is O=c1cc(C(F)(F)F)n2ccnc2n1-c1c(F)cc(Cl)c2c1CC(CO)O2. The van der Waals surface area contributed by atoms with Gasteiger partial charge in [-0.3, -0.25) is 9.20 Å². The Bertz CT molecular complexity index is 1120. The largest absolute Gasteiger partial charge is 0.486 e. The smallest absolute Gasteiger partial charge is 0.432 e. The Hall–Kier alpha value is -2.59. The van der Waals surface area contributed by atoms with E-state index in [0.29, 0.717) is 10.5 Å². The molecule has 1 unspecified atom stereocenters. The van der Waals surface area contributed by atoms with Crippen molar-refractivity contribution in [3.63, 3.8) is 0 Å². The molecular formula is C16H10ClF4N3O3. The summed E-state index contributed by atoms with van der Waals surface area (Å²) in [7, 11) is 0. The van der Waals surface area contributed by atoms with Crippen molar-refractivity contribution in [1.29, 1.82) is 0 Å². The summed E-state index contributed by atoms with van der Waals surface area (Å²) in [5.74, 6) is -1.26. The minimum Gasteiger partial charge on any atom is -0.486 e. The molecule has 6 nitrogen and oxygen atoms in total. The van der Waals surface area contributed by atoms with Crippen LogP contribution in [0.15, 0.2) is 29.3 Å². The maximum atomic E-state index is 14.7. The summed E-state index contributed by atoms with van der Waals surface area (Å²) < 4.78 is 61.3. The van der Waals surface area contributed by atoms with Crippen LogP contribution in [-0.2, 0) is 12.6 Å². The molecule has 11 heteroatoms. The van der Waals surface area contributed by atoms with E-state index in [1.54, 1.807) is 0 Å². The molecule has 142 valence electrons. The van der Waals surface area contributed by atoms with E-state index < -0.39 is 35.1 Å². The Morgan fingerprint density at radius 2 is 2.11 bits per heavy atom. The van der Waals surface area contributed by atoms with Crippen molar-refractivity contribution in [2.24, 2.45) is 0 Å². The topological polar surface area (TPSA) is 68.8 Å². The van der Waals surface area contributed by atoms with Gasteiger partial charge in [0, 0.05) is 30.4 Å². The summed E-state index contributed by atoms with van der Waals surface area (Å²) in [5, 5.41) is 9.24. The van der Waals surface area contributed by atoms with Gasteiger partial charge in [0.15, 0.2) is 0 Å². The molecule has 0 saturated carbocycles. The number of aromatic nitrogens is 3. The van der Waals surface area contributed by atoms with Gasteiger partial charge >= 0.3 is 6.18 Å². The molecule has 0 saturated heterocycles. The number of hydrogen-bond acceptors (Lipinski definition) is 4. The van der Waals surface area contributed by atoms with Crippen molar-refractivity contribution in [2.45, 2.75) is 18.7 Å². The number of nitrogens with zero attached hydrogens (tertiary/aromatic N) is 3. The predicted molar refractivity (Wildman–Crippen MR) is 86.0 cm³/mol. The van der Waals surface area contributed by atoms with E-state index in [1.807, 2.05) is 0 Å². The maximum absolute atomic E-state index is 14.7. The number of alkyl halides is 3. The van der Waals surface area contributed by atoms with Crippen LogP contribution in [0.4, 0.5) is 17.6 Å². The molecule has 3 heterocycles. The van der Waals surface area contributed by atoms with Gasteiger partial charge in [-0.05, 0) is 6.07 Å². The third-order valence-corrected chi connectivity index (χ3v) is 4.53. The summed E-state index contributed by atoms with van der Waals surface area (Å²) in [5.41, 5.74) is -2.48. The molecule has 1 aromatic carbocycles. The molecular weight excluding hydrogens is 394 g/mol. The van der Waals surface area contributed by atoms with Crippen molar-refractivity contribution in [3.8, 4) is 11.4 Å². The summed E-state index contributed by atoms with van der Waals surface area (Å²) in [6.07, 6.45) is -3.39. The molecule has 0 radical (unpaired) electrons. The highest BCUT2D eigenvalue weighted by molar-refractivity contribution is 6.32. The van der Waals surface area contributed by atoms with Crippen LogP contribution in [0.5, 0.6) is 5.75 Å². The third kappa shape index (κ3) is 2.67. The van der Waals surface area contributed by atoms with E-state index in [0.717, 1.165) is 23.0 Å². The summed E-state index contributed by atoms with van der Waals surface area (Å²) in [6.45, 7) is -0.382. The summed E-state index contributed by atoms with van der Waals surface area (Å²) >= 11 is 5.98.